The van der Waals surface area contributed by atoms with Crippen molar-refractivity contribution in [2.75, 3.05) is 39.9 Å². The second-order valence-electron chi connectivity index (χ2n) is 9.04. The van der Waals surface area contributed by atoms with Gasteiger partial charge in [0, 0.05) is 38.8 Å². The minimum Gasteiger partial charge on any atom is -0.497 e. The van der Waals surface area contributed by atoms with E-state index in [1.807, 2.05) is 16.8 Å². The Hall–Kier alpha value is -2.03. The summed E-state index contributed by atoms with van der Waals surface area (Å²) in [6.45, 7) is 5.85. The molecule has 1 aromatic carbocycles. The van der Waals surface area contributed by atoms with Crippen LogP contribution in [0, 0.1) is 0 Å². The number of nitrogens with zero attached hydrogens (tertiary/aromatic N) is 6. The van der Waals surface area contributed by atoms with Crippen LogP contribution in [0.15, 0.2) is 24.3 Å². The van der Waals surface area contributed by atoms with E-state index < -0.39 is 0 Å². The number of ether oxygens (including phenoxy) is 2. The molecule has 2 aliphatic heterocycles. The molecule has 1 aromatic heterocycles. The topological polar surface area (TPSA) is 68.5 Å². The normalized spacial score (nSPS) is 24.6. The molecule has 1 aliphatic carbocycles. The number of aromatic nitrogens is 4. The predicted molar refractivity (Wildman–Crippen MR) is 117 cm³/mol. The molecule has 0 bridgehead atoms. The summed E-state index contributed by atoms with van der Waals surface area (Å²) in [7, 11) is 1.71. The fraction of sp³-hybridized carbons (Fsp3) is 0.696. The lowest BCUT2D eigenvalue weighted by Gasteiger charge is -2.41. The molecule has 2 atom stereocenters. The number of methoxy groups -OCH3 is 1. The lowest BCUT2D eigenvalue weighted by molar-refractivity contribution is 0.0720. The zero-order valence-electron chi connectivity index (χ0n) is 18.5. The first kappa shape index (κ1) is 20.8. The van der Waals surface area contributed by atoms with Crippen molar-refractivity contribution in [2.24, 2.45) is 0 Å². The van der Waals surface area contributed by atoms with Crippen LogP contribution in [0.4, 0.5) is 0 Å². The van der Waals surface area contributed by atoms with Crippen molar-refractivity contribution in [1.29, 1.82) is 0 Å². The van der Waals surface area contributed by atoms with Gasteiger partial charge in [-0.05, 0) is 53.8 Å². The Balaban J connectivity index is 1.38. The van der Waals surface area contributed by atoms with Crippen LogP contribution in [0.1, 0.15) is 56.0 Å². The summed E-state index contributed by atoms with van der Waals surface area (Å²) in [5, 5.41) is 12.9. The fourth-order valence-corrected chi connectivity index (χ4v) is 5.46. The molecule has 8 heteroatoms. The summed E-state index contributed by atoms with van der Waals surface area (Å²) in [6.07, 6.45) is 7.90. The van der Waals surface area contributed by atoms with Gasteiger partial charge in [-0.1, -0.05) is 25.0 Å². The number of benzene rings is 1. The molecule has 0 N–H and O–H groups in total. The number of tetrazole rings is 1. The van der Waals surface area contributed by atoms with Crippen molar-refractivity contribution in [1.82, 2.24) is 30.0 Å². The maximum absolute atomic E-state index is 5.86. The summed E-state index contributed by atoms with van der Waals surface area (Å²) < 4.78 is 13.2. The molecule has 2 aromatic rings. The van der Waals surface area contributed by atoms with Gasteiger partial charge in [0.25, 0.3) is 0 Å². The van der Waals surface area contributed by atoms with Gasteiger partial charge < -0.3 is 9.47 Å². The Morgan fingerprint density at radius 3 is 2.48 bits per heavy atom. The van der Waals surface area contributed by atoms with E-state index in [1.165, 1.54) is 31.2 Å². The van der Waals surface area contributed by atoms with Gasteiger partial charge in [0.05, 0.1) is 25.8 Å². The van der Waals surface area contributed by atoms with E-state index in [4.69, 9.17) is 9.47 Å². The third-order valence-electron chi connectivity index (χ3n) is 7.19. The van der Waals surface area contributed by atoms with Gasteiger partial charge in [0.2, 0.25) is 0 Å². The molecule has 0 unspecified atom stereocenters. The molecule has 2 saturated heterocycles. The molecular weight excluding hydrogens is 392 g/mol. The maximum atomic E-state index is 5.86. The standard InChI is InChI=1S/C23H34N6O2/c1-30-20-10-8-18(9-11-20)22(23-24-25-26-29(23)17-21-7-4-16-31-21)28-14-12-27(13-15-28)19-5-2-3-6-19/h8-11,19,21-22H,2-7,12-17H2,1H3/t21-,22+/m0/s1. The summed E-state index contributed by atoms with van der Waals surface area (Å²) in [6, 6.07) is 9.19. The average Bonchev–Trinajstić information content (AvgIpc) is 3.59. The average molecular weight is 427 g/mol. The Labute approximate surface area is 184 Å². The number of rotatable bonds is 7. The number of hydrogen-bond acceptors (Lipinski definition) is 7. The predicted octanol–water partition coefficient (Wildman–Crippen LogP) is 2.51. The van der Waals surface area contributed by atoms with Crippen molar-refractivity contribution in [3.63, 3.8) is 0 Å². The summed E-state index contributed by atoms with van der Waals surface area (Å²) in [4.78, 5) is 5.24. The second-order valence-corrected chi connectivity index (χ2v) is 9.04. The fourth-order valence-electron chi connectivity index (χ4n) is 5.46. The lowest BCUT2D eigenvalue weighted by Crippen LogP contribution is -2.51. The van der Waals surface area contributed by atoms with E-state index in [9.17, 15) is 0 Å². The molecule has 1 saturated carbocycles. The highest BCUT2D eigenvalue weighted by Gasteiger charge is 2.33. The third-order valence-corrected chi connectivity index (χ3v) is 7.19. The van der Waals surface area contributed by atoms with Crippen LogP contribution >= 0.6 is 0 Å². The van der Waals surface area contributed by atoms with Crippen molar-refractivity contribution < 1.29 is 9.47 Å². The van der Waals surface area contributed by atoms with Crippen molar-refractivity contribution >= 4 is 0 Å². The van der Waals surface area contributed by atoms with E-state index in [1.54, 1.807) is 7.11 Å². The van der Waals surface area contributed by atoms with Crippen molar-refractivity contribution in [3.8, 4) is 5.75 Å². The first-order valence-electron chi connectivity index (χ1n) is 11.8. The van der Waals surface area contributed by atoms with Gasteiger partial charge >= 0.3 is 0 Å². The molecule has 3 heterocycles. The quantitative estimate of drug-likeness (QED) is 0.674. The largest absolute Gasteiger partial charge is 0.497 e. The molecule has 8 nitrogen and oxygen atoms in total. The zero-order chi connectivity index (χ0) is 21.0. The van der Waals surface area contributed by atoms with Gasteiger partial charge in [-0.15, -0.1) is 5.10 Å². The minimum absolute atomic E-state index is 0.0352. The Morgan fingerprint density at radius 1 is 1.03 bits per heavy atom. The molecule has 0 radical (unpaired) electrons. The molecule has 0 amide bonds. The molecule has 168 valence electrons. The first-order valence-corrected chi connectivity index (χ1v) is 11.8. The van der Waals surface area contributed by atoms with E-state index in [0.29, 0.717) is 0 Å². The highest BCUT2D eigenvalue weighted by Crippen LogP contribution is 2.31. The molecule has 31 heavy (non-hydrogen) atoms. The van der Waals surface area contributed by atoms with Crippen LogP contribution < -0.4 is 4.74 Å². The highest BCUT2D eigenvalue weighted by atomic mass is 16.5. The van der Waals surface area contributed by atoms with Gasteiger partial charge in [0.15, 0.2) is 5.82 Å². The van der Waals surface area contributed by atoms with E-state index in [2.05, 4.69) is 37.5 Å². The third kappa shape index (κ3) is 4.61. The van der Waals surface area contributed by atoms with Crippen molar-refractivity contribution in [2.45, 2.75) is 63.3 Å². The zero-order valence-corrected chi connectivity index (χ0v) is 18.5. The summed E-state index contributed by atoms with van der Waals surface area (Å²) in [5.41, 5.74) is 1.21. The van der Waals surface area contributed by atoms with E-state index >= 15 is 0 Å². The lowest BCUT2D eigenvalue weighted by atomic mass is 10.0. The maximum Gasteiger partial charge on any atom is 0.173 e. The van der Waals surface area contributed by atoms with Crippen molar-refractivity contribution in [3.05, 3.63) is 35.7 Å². The van der Waals surface area contributed by atoms with Gasteiger partial charge in [-0.25, -0.2) is 4.68 Å². The van der Waals surface area contributed by atoms with Gasteiger partial charge in [0.1, 0.15) is 5.75 Å². The Kier molecular flexibility index (Phi) is 6.47. The van der Waals surface area contributed by atoms with E-state index in [-0.39, 0.29) is 12.1 Å². The molecule has 5 rings (SSSR count). The smallest absolute Gasteiger partial charge is 0.173 e. The SMILES string of the molecule is COc1ccc([C@H](c2nnnn2C[C@@H]2CCCO2)N2CCN(C3CCCC3)CC2)cc1. The number of piperazine rings is 1. The Bertz CT molecular complexity index is 821. The molecular formula is C23H34N6O2. The Morgan fingerprint density at radius 2 is 1.81 bits per heavy atom. The van der Waals surface area contributed by atoms with Gasteiger partial charge in [-0.3, -0.25) is 9.80 Å². The van der Waals surface area contributed by atoms with E-state index in [0.717, 1.165) is 69.8 Å². The van der Waals surface area contributed by atoms with Crippen LogP contribution in [0.25, 0.3) is 0 Å². The number of hydrogen-bond donors (Lipinski definition) is 0. The molecule has 0 spiro atoms. The van der Waals surface area contributed by atoms with Crippen LogP contribution in [0.3, 0.4) is 0 Å². The minimum atomic E-state index is 0.0352. The second kappa shape index (κ2) is 9.63. The summed E-state index contributed by atoms with van der Waals surface area (Å²) in [5.74, 6) is 1.78. The molecule has 3 aliphatic rings. The monoisotopic (exact) mass is 426 g/mol. The molecule has 3 fully saturated rings. The highest BCUT2D eigenvalue weighted by molar-refractivity contribution is 5.32. The summed E-state index contributed by atoms with van der Waals surface area (Å²) >= 11 is 0. The van der Waals surface area contributed by atoms with Gasteiger partial charge in [-0.2, -0.15) is 0 Å². The van der Waals surface area contributed by atoms with Crippen LogP contribution in [0.2, 0.25) is 0 Å². The first-order chi connectivity index (χ1) is 15.3. The van der Waals surface area contributed by atoms with Crippen LogP contribution in [-0.2, 0) is 11.3 Å². The van der Waals surface area contributed by atoms with Crippen LogP contribution in [-0.4, -0.2) is 82.0 Å². The van der Waals surface area contributed by atoms with Crippen LogP contribution in [0.5, 0.6) is 5.75 Å².